The van der Waals surface area contributed by atoms with Gasteiger partial charge in [0, 0.05) is 5.92 Å². The van der Waals surface area contributed by atoms with Crippen LogP contribution >= 0.6 is 0 Å². The zero-order chi connectivity index (χ0) is 10.6. The second kappa shape index (κ2) is 4.85. The highest BCUT2D eigenvalue weighted by molar-refractivity contribution is 5.32. The molecule has 0 amide bonds. The monoisotopic (exact) mass is 190 g/mol. The van der Waals surface area contributed by atoms with Crippen LogP contribution in [-0.4, -0.2) is 7.11 Å². The van der Waals surface area contributed by atoms with E-state index in [-0.39, 0.29) is 0 Å². The van der Waals surface area contributed by atoms with Gasteiger partial charge in [-0.25, -0.2) is 0 Å². The molecule has 1 nitrogen and oxygen atoms in total. The maximum atomic E-state index is 5.19. The molecule has 0 spiro atoms. The van der Waals surface area contributed by atoms with Gasteiger partial charge in [0.2, 0.25) is 0 Å². The van der Waals surface area contributed by atoms with Gasteiger partial charge in [-0.3, -0.25) is 0 Å². The zero-order valence-corrected chi connectivity index (χ0v) is 9.16. The summed E-state index contributed by atoms with van der Waals surface area (Å²) in [7, 11) is 1.69. The van der Waals surface area contributed by atoms with E-state index < -0.39 is 0 Å². The van der Waals surface area contributed by atoms with Gasteiger partial charge in [0.25, 0.3) is 0 Å². The van der Waals surface area contributed by atoms with Crippen LogP contribution in [0.25, 0.3) is 0 Å². The molecule has 0 saturated heterocycles. The molecule has 0 aliphatic heterocycles. The third-order valence-corrected chi connectivity index (χ3v) is 2.45. The molecule has 0 aliphatic rings. The van der Waals surface area contributed by atoms with E-state index in [1.807, 2.05) is 18.2 Å². The Bertz CT molecular complexity index is 302. The lowest BCUT2D eigenvalue weighted by Crippen LogP contribution is -2.03. The Labute approximate surface area is 86.4 Å². The fourth-order valence-electron chi connectivity index (χ4n) is 1.64. The minimum absolute atomic E-state index is 0.408. The zero-order valence-electron chi connectivity index (χ0n) is 9.16. The molecule has 0 bridgehead atoms. The first-order valence-corrected chi connectivity index (χ1v) is 4.95. The molecule has 1 rings (SSSR count). The minimum Gasteiger partial charge on any atom is -0.497 e. The predicted molar refractivity (Wildman–Crippen MR) is 60.8 cm³/mol. The smallest absolute Gasteiger partial charge is 0.119 e. The van der Waals surface area contributed by atoms with Crippen LogP contribution in [0.1, 0.15) is 25.3 Å². The van der Waals surface area contributed by atoms with E-state index in [2.05, 4.69) is 32.6 Å². The normalized spacial score (nSPS) is 12.6. The van der Waals surface area contributed by atoms with E-state index >= 15 is 0 Å². The summed E-state index contributed by atoms with van der Waals surface area (Å²) in [6, 6.07) is 8.18. The van der Waals surface area contributed by atoms with E-state index in [0.717, 1.165) is 5.75 Å². The molecule has 0 unspecified atom stereocenters. The van der Waals surface area contributed by atoms with Gasteiger partial charge in [-0.05, 0) is 23.6 Å². The Morgan fingerprint density at radius 2 is 2.07 bits per heavy atom. The largest absolute Gasteiger partial charge is 0.497 e. The summed E-state index contributed by atoms with van der Waals surface area (Å²) in [5, 5.41) is 0. The number of hydrogen-bond acceptors (Lipinski definition) is 1. The highest BCUT2D eigenvalue weighted by Crippen LogP contribution is 2.27. The summed E-state index contributed by atoms with van der Waals surface area (Å²) in [5.41, 5.74) is 1.27. The molecule has 0 N–H and O–H groups in total. The summed E-state index contributed by atoms with van der Waals surface area (Å²) in [6.45, 7) is 8.27. The third kappa shape index (κ3) is 2.38. The van der Waals surface area contributed by atoms with E-state index in [9.17, 15) is 0 Å². The predicted octanol–water partition coefficient (Wildman–Crippen LogP) is 3.62. The van der Waals surface area contributed by atoms with Crippen LogP contribution < -0.4 is 4.74 Å². The van der Waals surface area contributed by atoms with Gasteiger partial charge in [-0.1, -0.05) is 32.1 Å². The summed E-state index contributed by atoms with van der Waals surface area (Å²) in [6.07, 6.45) is 2.00. The molecule has 0 fully saturated rings. The molecule has 0 heterocycles. The fraction of sp³-hybridized carbons (Fsp3) is 0.385. The lowest BCUT2D eigenvalue weighted by atomic mass is 9.88. The number of allylic oxidation sites excluding steroid dienone is 1. The second-order valence-electron chi connectivity index (χ2n) is 3.78. The van der Waals surface area contributed by atoms with Gasteiger partial charge >= 0.3 is 0 Å². The van der Waals surface area contributed by atoms with Gasteiger partial charge in [0.1, 0.15) is 5.75 Å². The molecule has 0 saturated carbocycles. The lowest BCUT2D eigenvalue weighted by molar-refractivity contribution is 0.413. The van der Waals surface area contributed by atoms with Gasteiger partial charge < -0.3 is 4.74 Å². The molecular weight excluding hydrogens is 172 g/mol. The highest BCUT2D eigenvalue weighted by atomic mass is 16.5. The van der Waals surface area contributed by atoms with Crippen molar-refractivity contribution < 1.29 is 4.74 Å². The van der Waals surface area contributed by atoms with Crippen molar-refractivity contribution in [3.63, 3.8) is 0 Å². The number of ether oxygens (including phenoxy) is 1. The van der Waals surface area contributed by atoms with Crippen LogP contribution in [0.5, 0.6) is 5.75 Å². The Kier molecular flexibility index (Phi) is 3.75. The van der Waals surface area contributed by atoms with Crippen LogP contribution in [0.3, 0.4) is 0 Å². The standard InChI is InChI=1S/C13H18O/c1-5-13(10(2)3)11-7-6-8-12(9-11)14-4/h5-10,13H,1H2,2-4H3/t13-/m1/s1. The molecule has 1 aromatic carbocycles. The number of hydrogen-bond donors (Lipinski definition) is 0. The second-order valence-corrected chi connectivity index (χ2v) is 3.78. The van der Waals surface area contributed by atoms with Gasteiger partial charge in [0.15, 0.2) is 0 Å². The van der Waals surface area contributed by atoms with Gasteiger partial charge in [0.05, 0.1) is 7.11 Å². The van der Waals surface area contributed by atoms with Crippen molar-refractivity contribution in [1.29, 1.82) is 0 Å². The van der Waals surface area contributed by atoms with Crippen molar-refractivity contribution in [3.05, 3.63) is 42.5 Å². The Morgan fingerprint density at radius 3 is 2.57 bits per heavy atom. The average molecular weight is 190 g/mol. The third-order valence-electron chi connectivity index (χ3n) is 2.45. The van der Waals surface area contributed by atoms with Crippen LogP contribution in [0.4, 0.5) is 0 Å². The molecule has 0 aliphatic carbocycles. The average Bonchev–Trinajstić information content (AvgIpc) is 2.19. The Hall–Kier alpha value is -1.24. The summed E-state index contributed by atoms with van der Waals surface area (Å²) < 4.78 is 5.19. The van der Waals surface area contributed by atoms with Crippen molar-refractivity contribution in [1.82, 2.24) is 0 Å². The molecule has 76 valence electrons. The summed E-state index contributed by atoms with van der Waals surface area (Å²) in [5.74, 6) is 1.89. The molecule has 1 atom stereocenters. The van der Waals surface area contributed by atoms with E-state index in [1.165, 1.54) is 5.56 Å². The molecule has 14 heavy (non-hydrogen) atoms. The van der Waals surface area contributed by atoms with Crippen molar-refractivity contribution in [2.24, 2.45) is 5.92 Å². The Balaban J connectivity index is 2.98. The maximum absolute atomic E-state index is 5.19. The lowest BCUT2D eigenvalue weighted by Gasteiger charge is -2.17. The van der Waals surface area contributed by atoms with Crippen LogP contribution in [0.2, 0.25) is 0 Å². The van der Waals surface area contributed by atoms with Crippen molar-refractivity contribution in [2.75, 3.05) is 7.11 Å². The van der Waals surface area contributed by atoms with Crippen molar-refractivity contribution in [2.45, 2.75) is 19.8 Å². The molecule has 1 aromatic rings. The van der Waals surface area contributed by atoms with Crippen molar-refractivity contribution >= 4 is 0 Å². The van der Waals surface area contributed by atoms with E-state index in [0.29, 0.717) is 11.8 Å². The minimum atomic E-state index is 0.408. The highest BCUT2D eigenvalue weighted by Gasteiger charge is 2.11. The quantitative estimate of drug-likeness (QED) is 0.659. The first kappa shape index (κ1) is 10.8. The fourth-order valence-corrected chi connectivity index (χ4v) is 1.64. The number of methoxy groups -OCH3 is 1. The Morgan fingerprint density at radius 1 is 1.36 bits per heavy atom. The van der Waals surface area contributed by atoms with Gasteiger partial charge in [-0.2, -0.15) is 0 Å². The number of rotatable bonds is 4. The molecule has 0 radical (unpaired) electrons. The first-order valence-electron chi connectivity index (χ1n) is 4.95. The summed E-state index contributed by atoms with van der Waals surface area (Å²) in [4.78, 5) is 0. The van der Waals surface area contributed by atoms with Crippen LogP contribution in [-0.2, 0) is 0 Å². The molecular formula is C13H18O. The topological polar surface area (TPSA) is 9.23 Å². The molecule has 0 aromatic heterocycles. The summed E-state index contributed by atoms with van der Waals surface area (Å²) >= 11 is 0. The van der Waals surface area contributed by atoms with E-state index in [4.69, 9.17) is 4.74 Å². The first-order chi connectivity index (χ1) is 6.69. The van der Waals surface area contributed by atoms with Gasteiger partial charge in [-0.15, -0.1) is 6.58 Å². The number of benzene rings is 1. The van der Waals surface area contributed by atoms with Crippen LogP contribution in [0.15, 0.2) is 36.9 Å². The van der Waals surface area contributed by atoms with E-state index in [1.54, 1.807) is 7.11 Å². The van der Waals surface area contributed by atoms with Crippen LogP contribution in [0, 0.1) is 5.92 Å². The molecule has 1 heteroatoms. The maximum Gasteiger partial charge on any atom is 0.119 e. The SMILES string of the molecule is C=C[C@@H](c1cccc(OC)c1)C(C)C. The van der Waals surface area contributed by atoms with Crippen molar-refractivity contribution in [3.8, 4) is 5.75 Å².